The van der Waals surface area contributed by atoms with Crippen LogP contribution in [-0.2, 0) is 5.60 Å². The van der Waals surface area contributed by atoms with Gasteiger partial charge in [-0.15, -0.1) is 0 Å². The first-order valence-corrected chi connectivity index (χ1v) is 7.49. The molecule has 1 aliphatic heterocycles. The number of fused-ring (bicyclic) bond motifs is 1. The average molecular weight is 268 g/mol. The fraction of sp³-hybridized carbons (Fsp3) is 0.471. The van der Waals surface area contributed by atoms with E-state index < -0.39 is 5.60 Å². The lowest BCUT2D eigenvalue weighted by Gasteiger charge is -2.25. The van der Waals surface area contributed by atoms with Crippen molar-refractivity contribution in [3.05, 3.63) is 42.2 Å². The molecule has 2 heterocycles. The highest BCUT2D eigenvalue weighted by molar-refractivity contribution is 5.85. The van der Waals surface area contributed by atoms with Crippen molar-refractivity contribution in [2.24, 2.45) is 0 Å². The second-order valence-electron chi connectivity index (χ2n) is 6.40. The topological polar surface area (TPSA) is 36.4 Å². The molecule has 104 valence electrons. The minimum atomic E-state index is -0.754. The number of hydrogen-bond acceptors (Lipinski definition) is 3. The quantitative estimate of drug-likeness (QED) is 0.909. The monoisotopic (exact) mass is 268 g/mol. The van der Waals surface area contributed by atoms with Crippen molar-refractivity contribution in [1.82, 2.24) is 9.88 Å². The third kappa shape index (κ3) is 1.85. The Kier molecular flexibility index (Phi) is 2.63. The standard InChI is InChI=1S/C17H20N2O/c1-12-8-17(20,11-19(12)14-6-7-14)16-10-18-9-13-4-2-3-5-15(13)16/h2-5,9-10,12,14,20H,6-8,11H2,1H3. The molecule has 20 heavy (non-hydrogen) atoms. The van der Waals surface area contributed by atoms with Crippen LogP contribution in [0.4, 0.5) is 0 Å². The molecule has 2 aliphatic rings. The Balaban J connectivity index is 1.78. The van der Waals surface area contributed by atoms with Gasteiger partial charge in [0, 0.05) is 42.0 Å². The molecule has 1 aromatic heterocycles. The Hall–Kier alpha value is -1.45. The molecule has 1 saturated carbocycles. The minimum Gasteiger partial charge on any atom is -0.384 e. The molecule has 2 atom stereocenters. The lowest BCUT2D eigenvalue weighted by Crippen LogP contribution is -2.33. The predicted octanol–water partition coefficient (Wildman–Crippen LogP) is 2.68. The van der Waals surface area contributed by atoms with Crippen molar-refractivity contribution in [3.63, 3.8) is 0 Å². The Morgan fingerprint density at radius 3 is 2.85 bits per heavy atom. The maximum absolute atomic E-state index is 11.2. The van der Waals surface area contributed by atoms with Gasteiger partial charge in [0.2, 0.25) is 0 Å². The third-order valence-corrected chi connectivity index (χ3v) is 4.83. The molecule has 3 heteroatoms. The zero-order chi connectivity index (χ0) is 13.7. The molecular weight excluding hydrogens is 248 g/mol. The summed E-state index contributed by atoms with van der Waals surface area (Å²) in [6.45, 7) is 2.98. The summed E-state index contributed by atoms with van der Waals surface area (Å²) in [5.41, 5.74) is 0.237. The van der Waals surface area contributed by atoms with Gasteiger partial charge in [0.25, 0.3) is 0 Å². The van der Waals surface area contributed by atoms with Crippen molar-refractivity contribution in [2.75, 3.05) is 6.54 Å². The summed E-state index contributed by atoms with van der Waals surface area (Å²) < 4.78 is 0. The predicted molar refractivity (Wildman–Crippen MR) is 79.4 cm³/mol. The maximum Gasteiger partial charge on any atom is 0.106 e. The average Bonchev–Trinajstić information content (AvgIpc) is 3.24. The van der Waals surface area contributed by atoms with Gasteiger partial charge < -0.3 is 5.11 Å². The summed E-state index contributed by atoms with van der Waals surface area (Å²) >= 11 is 0. The number of β-amino-alcohol motifs (C(OH)–C–C–N with tert-alkyl or cyclic N) is 1. The molecule has 0 bridgehead atoms. The van der Waals surface area contributed by atoms with E-state index in [-0.39, 0.29) is 0 Å². The van der Waals surface area contributed by atoms with Crippen LogP contribution in [0.3, 0.4) is 0 Å². The first-order valence-electron chi connectivity index (χ1n) is 7.49. The van der Waals surface area contributed by atoms with E-state index in [1.807, 2.05) is 24.5 Å². The summed E-state index contributed by atoms with van der Waals surface area (Å²) in [4.78, 5) is 6.81. The van der Waals surface area contributed by atoms with Gasteiger partial charge in [-0.2, -0.15) is 0 Å². The highest BCUT2D eigenvalue weighted by Crippen LogP contribution is 2.43. The minimum absolute atomic E-state index is 0.450. The van der Waals surface area contributed by atoms with Crippen LogP contribution < -0.4 is 0 Å². The second kappa shape index (κ2) is 4.27. The summed E-state index contributed by atoms with van der Waals surface area (Å²) in [5, 5.41) is 13.4. The molecule has 2 aromatic rings. The third-order valence-electron chi connectivity index (χ3n) is 4.83. The maximum atomic E-state index is 11.2. The Labute approximate surface area is 119 Å². The molecule has 1 aromatic carbocycles. The van der Waals surface area contributed by atoms with Crippen LogP contribution in [-0.4, -0.2) is 33.6 Å². The van der Waals surface area contributed by atoms with Gasteiger partial charge in [0.05, 0.1) is 0 Å². The van der Waals surface area contributed by atoms with Crippen LogP contribution in [0.2, 0.25) is 0 Å². The number of nitrogens with zero attached hydrogens (tertiary/aromatic N) is 2. The van der Waals surface area contributed by atoms with Crippen LogP contribution in [0, 0.1) is 0 Å². The number of hydrogen-bond donors (Lipinski definition) is 1. The summed E-state index contributed by atoms with van der Waals surface area (Å²) in [6, 6.07) is 9.35. The van der Waals surface area contributed by atoms with Gasteiger partial charge >= 0.3 is 0 Å². The van der Waals surface area contributed by atoms with Crippen molar-refractivity contribution in [3.8, 4) is 0 Å². The zero-order valence-electron chi connectivity index (χ0n) is 11.8. The van der Waals surface area contributed by atoms with Crippen LogP contribution in [0.1, 0.15) is 31.7 Å². The van der Waals surface area contributed by atoms with Gasteiger partial charge in [0.1, 0.15) is 5.60 Å². The Morgan fingerprint density at radius 2 is 2.05 bits per heavy atom. The van der Waals surface area contributed by atoms with Crippen LogP contribution in [0.15, 0.2) is 36.7 Å². The largest absolute Gasteiger partial charge is 0.384 e. The number of rotatable bonds is 2. The number of aliphatic hydroxyl groups is 1. The second-order valence-corrected chi connectivity index (χ2v) is 6.40. The molecule has 0 spiro atoms. The normalized spacial score (nSPS) is 31.0. The van der Waals surface area contributed by atoms with Gasteiger partial charge in [-0.3, -0.25) is 9.88 Å². The highest BCUT2D eigenvalue weighted by atomic mass is 16.3. The molecule has 1 aliphatic carbocycles. The van der Waals surface area contributed by atoms with E-state index in [0.29, 0.717) is 12.1 Å². The Morgan fingerprint density at radius 1 is 1.25 bits per heavy atom. The van der Waals surface area contributed by atoms with E-state index in [4.69, 9.17) is 0 Å². The summed E-state index contributed by atoms with van der Waals surface area (Å²) in [6.07, 6.45) is 7.10. The van der Waals surface area contributed by atoms with Crippen molar-refractivity contribution in [2.45, 2.75) is 43.9 Å². The zero-order valence-corrected chi connectivity index (χ0v) is 11.8. The molecular formula is C17H20N2O. The molecule has 2 unspecified atom stereocenters. The van der Waals surface area contributed by atoms with E-state index in [0.717, 1.165) is 29.3 Å². The van der Waals surface area contributed by atoms with Crippen LogP contribution >= 0.6 is 0 Å². The highest BCUT2D eigenvalue weighted by Gasteiger charge is 2.47. The van der Waals surface area contributed by atoms with Crippen LogP contribution in [0.5, 0.6) is 0 Å². The number of likely N-dealkylation sites (tertiary alicyclic amines) is 1. The molecule has 3 nitrogen and oxygen atoms in total. The molecule has 2 fully saturated rings. The van der Waals surface area contributed by atoms with E-state index >= 15 is 0 Å². The van der Waals surface area contributed by atoms with Crippen molar-refractivity contribution >= 4 is 10.8 Å². The first kappa shape index (κ1) is 12.3. The summed E-state index contributed by atoms with van der Waals surface area (Å²) in [7, 11) is 0. The van der Waals surface area contributed by atoms with E-state index in [9.17, 15) is 5.11 Å². The fourth-order valence-corrected chi connectivity index (χ4v) is 3.71. The van der Waals surface area contributed by atoms with Gasteiger partial charge in [-0.05, 0) is 31.6 Å². The summed E-state index contributed by atoms with van der Waals surface area (Å²) in [5.74, 6) is 0. The smallest absolute Gasteiger partial charge is 0.106 e. The molecule has 1 saturated heterocycles. The van der Waals surface area contributed by atoms with Gasteiger partial charge in [-0.1, -0.05) is 24.3 Å². The lowest BCUT2D eigenvalue weighted by atomic mass is 9.89. The van der Waals surface area contributed by atoms with Crippen molar-refractivity contribution < 1.29 is 5.11 Å². The van der Waals surface area contributed by atoms with Crippen LogP contribution in [0.25, 0.3) is 10.8 Å². The lowest BCUT2D eigenvalue weighted by molar-refractivity contribution is 0.0463. The Bertz CT molecular complexity index is 647. The molecule has 0 amide bonds. The van der Waals surface area contributed by atoms with Crippen molar-refractivity contribution in [1.29, 1.82) is 0 Å². The number of benzene rings is 1. The molecule has 0 radical (unpaired) electrons. The SMILES string of the molecule is CC1CC(O)(c2cncc3ccccc23)CN1C1CC1. The molecule has 4 rings (SSSR count). The van der Waals surface area contributed by atoms with E-state index in [1.165, 1.54) is 12.8 Å². The van der Waals surface area contributed by atoms with Gasteiger partial charge in [0.15, 0.2) is 0 Å². The fourth-order valence-electron chi connectivity index (χ4n) is 3.71. The van der Waals surface area contributed by atoms with Gasteiger partial charge in [-0.25, -0.2) is 0 Å². The first-order chi connectivity index (χ1) is 9.67. The molecule has 1 N–H and O–H groups in total. The van der Waals surface area contributed by atoms with E-state index in [2.05, 4.69) is 28.9 Å². The number of aromatic nitrogens is 1. The number of pyridine rings is 1. The van der Waals surface area contributed by atoms with E-state index in [1.54, 1.807) is 0 Å².